The number of aromatic nitrogens is 2. The van der Waals surface area contributed by atoms with Gasteiger partial charge in [0, 0.05) is 17.0 Å². The second-order valence-electron chi connectivity index (χ2n) is 6.46. The summed E-state index contributed by atoms with van der Waals surface area (Å²) in [6, 6.07) is 3.97. The van der Waals surface area contributed by atoms with E-state index in [2.05, 4.69) is 15.3 Å². The van der Waals surface area contributed by atoms with Gasteiger partial charge in [-0.3, -0.25) is 9.59 Å². The summed E-state index contributed by atoms with van der Waals surface area (Å²) in [5.41, 5.74) is 0.577. The van der Waals surface area contributed by atoms with Crippen LogP contribution in [0, 0.1) is 0 Å². The van der Waals surface area contributed by atoms with Gasteiger partial charge in [0.25, 0.3) is 5.56 Å². The maximum atomic E-state index is 12.6. The van der Waals surface area contributed by atoms with Crippen LogP contribution in [-0.4, -0.2) is 27.2 Å². The van der Waals surface area contributed by atoms with Crippen molar-refractivity contribution in [1.29, 1.82) is 0 Å². The Bertz CT molecular complexity index is 989. The highest BCUT2D eigenvalue weighted by Gasteiger charge is 2.27. The molecule has 1 amide bonds. The minimum atomic E-state index is -0.200. The molecule has 3 aromatic heterocycles. The quantitative estimate of drug-likeness (QED) is 0.671. The summed E-state index contributed by atoms with van der Waals surface area (Å²) in [5.74, 6) is 1.29. The van der Waals surface area contributed by atoms with Gasteiger partial charge in [-0.25, -0.2) is 4.98 Å². The van der Waals surface area contributed by atoms with Crippen molar-refractivity contribution < 1.29 is 9.21 Å². The van der Waals surface area contributed by atoms with Crippen LogP contribution < -0.4 is 10.9 Å². The van der Waals surface area contributed by atoms with Crippen LogP contribution in [0.25, 0.3) is 21.5 Å². The summed E-state index contributed by atoms with van der Waals surface area (Å²) >= 11 is 2.91. The zero-order valence-corrected chi connectivity index (χ0v) is 16.1. The molecule has 0 saturated heterocycles. The van der Waals surface area contributed by atoms with Gasteiger partial charge in [-0.1, -0.05) is 0 Å². The Morgan fingerprint density at radius 1 is 1.46 bits per heavy atom. The van der Waals surface area contributed by atoms with Crippen molar-refractivity contribution in [3.05, 3.63) is 40.0 Å². The molecule has 3 heterocycles. The first-order valence-electron chi connectivity index (χ1n) is 8.54. The van der Waals surface area contributed by atoms with Gasteiger partial charge in [0.15, 0.2) is 0 Å². The number of carbonyl (C=O) groups excluding carboxylic acids is 1. The molecule has 0 bridgehead atoms. The molecule has 0 aromatic carbocycles. The van der Waals surface area contributed by atoms with E-state index in [1.165, 1.54) is 23.1 Å². The molecular formula is C18H19N3O3S2. The number of thiophene rings is 1. The number of fused-ring (bicyclic) bond motifs is 1. The molecule has 1 fully saturated rings. The standard InChI is InChI=1S/C18H19N3O3S2/c1-9(26-10(2)16(22)19-11-5-6-11)15-20-17(23)14-12(8-25-18(14)21-15)13-4-3-7-24-13/h3-4,7-11H,5-6H2,1-2H3,(H,19,22)(H,20,21,23)/t9-,10-/m1/s1. The second kappa shape index (κ2) is 6.92. The van der Waals surface area contributed by atoms with Gasteiger partial charge in [-0.2, -0.15) is 0 Å². The van der Waals surface area contributed by atoms with E-state index in [1.54, 1.807) is 12.3 Å². The SMILES string of the molecule is C[C@@H](S[C@H](C)c1nc2scc(-c3ccco3)c2c(=O)[nH]1)C(=O)NC1CC1. The molecule has 3 aromatic rings. The number of nitrogens with zero attached hydrogens (tertiary/aromatic N) is 1. The molecule has 1 aliphatic carbocycles. The summed E-state index contributed by atoms with van der Waals surface area (Å²) < 4.78 is 5.41. The topological polar surface area (TPSA) is 88.0 Å². The lowest BCUT2D eigenvalue weighted by Crippen LogP contribution is -2.33. The lowest BCUT2D eigenvalue weighted by Gasteiger charge is -2.16. The molecule has 8 heteroatoms. The monoisotopic (exact) mass is 389 g/mol. The Labute approximate surface area is 158 Å². The zero-order chi connectivity index (χ0) is 18.3. The van der Waals surface area contributed by atoms with Crippen molar-refractivity contribution in [2.45, 2.75) is 43.2 Å². The molecule has 136 valence electrons. The van der Waals surface area contributed by atoms with E-state index in [9.17, 15) is 9.59 Å². The molecule has 0 radical (unpaired) electrons. The van der Waals surface area contributed by atoms with Crippen LogP contribution >= 0.6 is 23.1 Å². The smallest absolute Gasteiger partial charge is 0.260 e. The maximum Gasteiger partial charge on any atom is 0.260 e. The van der Waals surface area contributed by atoms with Crippen molar-refractivity contribution in [3.8, 4) is 11.3 Å². The second-order valence-corrected chi connectivity index (χ2v) is 9.01. The van der Waals surface area contributed by atoms with E-state index < -0.39 is 0 Å². The van der Waals surface area contributed by atoms with Crippen LogP contribution in [0.4, 0.5) is 0 Å². The van der Waals surface area contributed by atoms with Gasteiger partial charge in [0.2, 0.25) is 5.91 Å². The third-order valence-electron chi connectivity index (χ3n) is 4.34. The Kier molecular flexibility index (Phi) is 4.62. The van der Waals surface area contributed by atoms with Gasteiger partial charge < -0.3 is 14.7 Å². The predicted molar refractivity (Wildman–Crippen MR) is 105 cm³/mol. The summed E-state index contributed by atoms with van der Waals surface area (Å²) in [6.07, 6.45) is 3.73. The number of H-pyrrole nitrogens is 1. The van der Waals surface area contributed by atoms with Crippen LogP contribution in [0.5, 0.6) is 0 Å². The van der Waals surface area contributed by atoms with Crippen molar-refractivity contribution in [2.75, 3.05) is 0 Å². The fraction of sp³-hybridized carbons (Fsp3) is 0.389. The van der Waals surface area contributed by atoms with Gasteiger partial charge in [0.05, 0.1) is 22.1 Å². The first-order chi connectivity index (χ1) is 12.5. The van der Waals surface area contributed by atoms with E-state index in [4.69, 9.17) is 4.42 Å². The summed E-state index contributed by atoms with van der Waals surface area (Å²) in [6.45, 7) is 3.84. The van der Waals surface area contributed by atoms with Crippen molar-refractivity contribution in [3.63, 3.8) is 0 Å². The van der Waals surface area contributed by atoms with Gasteiger partial charge >= 0.3 is 0 Å². The van der Waals surface area contributed by atoms with Crippen LogP contribution in [0.3, 0.4) is 0 Å². The number of thioether (sulfide) groups is 1. The Morgan fingerprint density at radius 3 is 2.96 bits per heavy atom. The number of amides is 1. The molecule has 0 aliphatic heterocycles. The van der Waals surface area contributed by atoms with Gasteiger partial charge in [-0.15, -0.1) is 23.1 Å². The largest absolute Gasteiger partial charge is 0.464 e. The molecule has 0 unspecified atom stereocenters. The lowest BCUT2D eigenvalue weighted by atomic mass is 10.2. The fourth-order valence-corrected chi connectivity index (χ4v) is 4.73. The number of hydrogen-bond donors (Lipinski definition) is 2. The molecule has 1 saturated carbocycles. The zero-order valence-electron chi connectivity index (χ0n) is 14.4. The van der Waals surface area contributed by atoms with Crippen LogP contribution in [-0.2, 0) is 4.79 Å². The van der Waals surface area contributed by atoms with Gasteiger partial charge in [-0.05, 0) is 38.8 Å². The molecule has 2 N–H and O–H groups in total. The van der Waals surface area contributed by atoms with Crippen molar-refractivity contribution in [1.82, 2.24) is 15.3 Å². The van der Waals surface area contributed by atoms with Gasteiger partial charge in [0.1, 0.15) is 16.4 Å². The van der Waals surface area contributed by atoms with E-state index in [-0.39, 0.29) is 22.0 Å². The highest BCUT2D eigenvalue weighted by molar-refractivity contribution is 8.00. The maximum absolute atomic E-state index is 12.6. The minimum Gasteiger partial charge on any atom is -0.464 e. The van der Waals surface area contributed by atoms with Crippen LogP contribution in [0.2, 0.25) is 0 Å². The molecule has 6 nitrogen and oxygen atoms in total. The number of carbonyl (C=O) groups is 1. The highest BCUT2D eigenvalue weighted by Crippen LogP contribution is 2.34. The fourth-order valence-electron chi connectivity index (χ4n) is 2.75. The minimum absolute atomic E-state index is 0.0454. The third-order valence-corrected chi connectivity index (χ3v) is 6.46. The van der Waals surface area contributed by atoms with Crippen LogP contribution in [0.1, 0.15) is 37.8 Å². The molecule has 1 aliphatic rings. The molecule has 2 atom stereocenters. The Hall–Kier alpha value is -2.06. The highest BCUT2D eigenvalue weighted by atomic mass is 32.2. The number of rotatable bonds is 6. The third kappa shape index (κ3) is 3.43. The predicted octanol–water partition coefficient (Wildman–Crippen LogP) is 3.71. The first-order valence-corrected chi connectivity index (χ1v) is 10.4. The first kappa shape index (κ1) is 17.4. The van der Waals surface area contributed by atoms with Crippen molar-refractivity contribution >= 4 is 39.2 Å². The summed E-state index contributed by atoms with van der Waals surface area (Å²) in [5, 5.41) is 5.15. The Balaban J connectivity index is 1.57. The summed E-state index contributed by atoms with van der Waals surface area (Å²) in [7, 11) is 0. The molecule has 0 spiro atoms. The number of furan rings is 1. The van der Waals surface area contributed by atoms with E-state index in [0.717, 1.165) is 18.4 Å². The lowest BCUT2D eigenvalue weighted by molar-refractivity contribution is -0.120. The average molecular weight is 390 g/mol. The van der Waals surface area contributed by atoms with Crippen LogP contribution in [0.15, 0.2) is 33.0 Å². The number of aromatic amines is 1. The normalized spacial score (nSPS) is 16.5. The van der Waals surface area contributed by atoms with Crippen molar-refractivity contribution in [2.24, 2.45) is 0 Å². The molecule has 26 heavy (non-hydrogen) atoms. The number of nitrogens with one attached hydrogen (secondary N) is 2. The summed E-state index contributed by atoms with van der Waals surface area (Å²) in [4.78, 5) is 33.0. The van der Waals surface area contributed by atoms with E-state index >= 15 is 0 Å². The Morgan fingerprint density at radius 2 is 2.27 bits per heavy atom. The molecule has 4 rings (SSSR count). The molecular weight excluding hydrogens is 370 g/mol. The van der Waals surface area contributed by atoms with E-state index in [1.807, 2.05) is 25.3 Å². The average Bonchev–Trinajstić information content (AvgIpc) is 3.10. The number of hydrogen-bond acceptors (Lipinski definition) is 6. The van der Waals surface area contributed by atoms with E-state index in [0.29, 0.717) is 27.8 Å².